The fourth-order valence-electron chi connectivity index (χ4n) is 2.59. The van der Waals surface area contributed by atoms with Gasteiger partial charge in [-0.1, -0.05) is 34.6 Å². The summed E-state index contributed by atoms with van der Waals surface area (Å²) < 4.78 is 0. The first-order valence-electron chi connectivity index (χ1n) is 8.18. The van der Waals surface area contributed by atoms with Crippen molar-refractivity contribution in [2.45, 2.75) is 79.8 Å². The van der Waals surface area contributed by atoms with Crippen LogP contribution in [-0.2, 0) is 0 Å². The molecule has 1 N–H and O–H groups in total. The summed E-state index contributed by atoms with van der Waals surface area (Å²) in [5, 5.41) is 3.63. The molecule has 0 amide bonds. The van der Waals surface area contributed by atoms with Crippen LogP contribution in [0.25, 0.3) is 0 Å². The lowest BCUT2D eigenvalue weighted by atomic mass is 10.0. The van der Waals surface area contributed by atoms with Crippen LogP contribution in [-0.4, -0.2) is 36.1 Å². The Morgan fingerprint density at radius 3 is 1.84 bits per heavy atom. The summed E-state index contributed by atoms with van der Waals surface area (Å²) in [6.45, 7) is 21.9. The number of hydrogen-bond donors (Lipinski definition) is 1. The van der Waals surface area contributed by atoms with Gasteiger partial charge >= 0.3 is 0 Å². The number of rotatable bonds is 9. The smallest absolute Gasteiger partial charge is 0.00966 e. The second kappa shape index (κ2) is 8.97. The van der Waals surface area contributed by atoms with Gasteiger partial charge in [0.25, 0.3) is 0 Å². The monoisotopic (exact) mass is 270 g/mol. The molecule has 2 heteroatoms. The molecule has 0 aromatic heterocycles. The number of nitrogens with zero attached hydrogens (tertiary/aromatic N) is 1. The third kappa shape index (κ3) is 9.45. The molecule has 0 heterocycles. The van der Waals surface area contributed by atoms with E-state index >= 15 is 0 Å². The zero-order valence-corrected chi connectivity index (χ0v) is 14.7. The minimum absolute atomic E-state index is 0.228. The zero-order valence-electron chi connectivity index (χ0n) is 14.7. The van der Waals surface area contributed by atoms with E-state index in [9.17, 15) is 0 Å². The van der Waals surface area contributed by atoms with E-state index in [1.165, 1.54) is 25.9 Å². The molecule has 116 valence electrons. The SMILES string of the molecule is CCC(CC)N(CC(C)C)CC(C)CNC(C)(C)C. The summed E-state index contributed by atoms with van der Waals surface area (Å²) in [5.41, 5.74) is 0.228. The maximum atomic E-state index is 3.63. The first-order valence-corrected chi connectivity index (χ1v) is 8.18. The maximum Gasteiger partial charge on any atom is 0.00966 e. The Balaban J connectivity index is 4.37. The zero-order chi connectivity index (χ0) is 15.1. The van der Waals surface area contributed by atoms with Crippen LogP contribution in [0.2, 0.25) is 0 Å². The largest absolute Gasteiger partial charge is 0.312 e. The van der Waals surface area contributed by atoms with Gasteiger partial charge in [0.1, 0.15) is 0 Å². The van der Waals surface area contributed by atoms with Gasteiger partial charge in [-0.15, -0.1) is 0 Å². The molecule has 0 aromatic rings. The van der Waals surface area contributed by atoms with E-state index < -0.39 is 0 Å². The van der Waals surface area contributed by atoms with Crippen LogP contribution in [0.5, 0.6) is 0 Å². The van der Waals surface area contributed by atoms with Crippen LogP contribution in [0.1, 0.15) is 68.2 Å². The predicted molar refractivity (Wildman–Crippen MR) is 87.7 cm³/mol. The lowest BCUT2D eigenvalue weighted by Gasteiger charge is -2.35. The summed E-state index contributed by atoms with van der Waals surface area (Å²) in [6, 6.07) is 0.750. The van der Waals surface area contributed by atoms with Gasteiger partial charge in [-0.3, -0.25) is 4.90 Å². The summed E-state index contributed by atoms with van der Waals surface area (Å²) in [7, 11) is 0. The Kier molecular flexibility index (Phi) is 8.93. The fourth-order valence-corrected chi connectivity index (χ4v) is 2.59. The Morgan fingerprint density at radius 1 is 0.947 bits per heavy atom. The summed E-state index contributed by atoms with van der Waals surface area (Å²) in [6.07, 6.45) is 2.53. The lowest BCUT2D eigenvalue weighted by molar-refractivity contribution is 0.141. The molecule has 0 rings (SSSR count). The molecule has 0 bridgehead atoms. The van der Waals surface area contributed by atoms with Crippen molar-refractivity contribution < 1.29 is 0 Å². The van der Waals surface area contributed by atoms with Crippen molar-refractivity contribution in [1.82, 2.24) is 10.2 Å². The predicted octanol–water partition coefficient (Wildman–Crippen LogP) is 4.16. The van der Waals surface area contributed by atoms with Crippen molar-refractivity contribution in [3.05, 3.63) is 0 Å². The summed E-state index contributed by atoms with van der Waals surface area (Å²) in [5.74, 6) is 1.46. The molecular weight excluding hydrogens is 232 g/mol. The van der Waals surface area contributed by atoms with Crippen LogP contribution in [0.15, 0.2) is 0 Å². The molecule has 0 fully saturated rings. The first kappa shape index (κ1) is 18.9. The van der Waals surface area contributed by atoms with Gasteiger partial charge in [0.15, 0.2) is 0 Å². The highest BCUT2D eigenvalue weighted by Crippen LogP contribution is 2.14. The summed E-state index contributed by atoms with van der Waals surface area (Å²) in [4.78, 5) is 2.71. The van der Waals surface area contributed by atoms with Crippen molar-refractivity contribution >= 4 is 0 Å². The second-order valence-corrected chi connectivity index (χ2v) is 7.55. The molecule has 1 atom stereocenters. The standard InChI is InChI=1S/C17H38N2/c1-9-16(10-2)19(12-14(3)4)13-15(5)11-18-17(6,7)8/h14-16,18H,9-13H2,1-8H3. The molecule has 0 spiro atoms. The molecule has 0 aliphatic carbocycles. The minimum Gasteiger partial charge on any atom is -0.312 e. The molecule has 0 saturated heterocycles. The third-order valence-electron chi connectivity index (χ3n) is 3.59. The molecule has 0 saturated carbocycles. The van der Waals surface area contributed by atoms with Gasteiger partial charge in [-0.2, -0.15) is 0 Å². The summed E-state index contributed by atoms with van der Waals surface area (Å²) >= 11 is 0. The molecule has 0 aliphatic rings. The van der Waals surface area contributed by atoms with Crippen LogP contribution in [0.3, 0.4) is 0 Å². The van der Waals surface area contributed by atoms with Crippen molar-refractivity contribution in [1.29, 1.82) is 0 Å². The van der Waals surface area contributed by atoms with Gasteiger partial charge in [0.2, 0.25) is 0 Å². The van der Waals surface area contributed by atoms with E-state index in [0.29, 0.717) is 5.92 Å². The van der Waals surface area contributed by atoms with E-state index in [2.05, 4.69) is 65.6 Å². The first-order chi connectivity index (χ1) is 8.69. The van der Waals surface area contributed by atoms with Crippen LogP contribution in [0, 0.1) is 11.8 Å². The third-order valence-corrected chi connectivity index (χ3v) is 3.59. The van der Waals surface area contributed by atoms with E-state index in [4.69, 9.17) is 0 Å². The maximum absolute atomic E-state index is 3.63. The average molecular weight is 271 g/mol. The highest BCUT2D eigenvalue weighted by molar-refractivity contribution is 4.76. The molecule has 0 aliphatic heterocycles. The Hall–Kier alpha value is -0.0800. The topological polar surface area (TPSA) is 15.3 Å². The van der Waals surface area contributed by atoms with Crippen molar-refractivity contribution in [3.8, 4) is 0 Å². The van der Waals surface area contributed by atoms with Gasteiger partial charge in [-0.25, -0.2) is 0 Å². The van der Waals surface area contributed by atoms with Gasteiger partial charge in [0, 0.05) is 24.7 Å². The van der Waals surface area contributed by atoms with Crippen LogP contribution < -0.4 is 5.32 Å². The second-order valence-electron chi connectivity index (χ2n) is 7.55. The number of hydrogen-bond acceptors (Lipinski definition) is 2. The van der Waals surface area contributed by atoms with E-state index in [1.54, 1.807) is 0 Å². The van der Waals surface area contributed by atoms with Crippen molar-refractivity contribution in [3.63, 3.8) is 0 Å². The molecular formula is C17H38N2. The highest BCUT2D eigenvalue weighted by atomic mass is 15.2. The molecule has 2 nitrogen and oxygen atoms in total. The molecule has 19 heavy (non-hydrogen) atoms. The highest BCUT2D eigenvalue weighted by Gasteiger charge is 2.19. The minimum atomic E-state index is 0.228. The molecule has 0 aromatic carbocycles. The van der Waals surface area contributed by atoms with Gasteiger partial charge < -0.3 is 5.32 Å². The molecule has 1 unspecified atom stereocenters. The normalized spacial score (nSPS) is 14.7. The van der Waals surface area contributed by atoms with Crippen LogP contribution >= 0.6 is 0 Å². The van der Waals surface area contributed by atoms with E-state index in [-0.39, 0.29) is 5.54 Å². The number of nitrogens with one attached hydrogen (secondary N) is 1. The molecule has 0 radical (unpaired) electrons. The quantitative estimate of drug-likeness (QED) is 0.677. The van der Waals surface area contributed by atoms with Crippen LogP contribution in [0.4, 0.5) is 0 Å². The van der Waals surface area contributed by atoms with Gasteiger partial charge in [0.05, 0.1) is 0 Å². The Bertz CT molecular complexity index is 214. The average Bonchev–Trinajstić information content (AvgIpc) is 2.26. The lowest BCUT2D eigenvalue weighted by Crippen LogP contribution is -2.44. The Morgan fingerprint density at radius 2 is 1.47 bits per heavy atom. The van der Waals surface area contributed by atoms with E-state index in [0.717, 1.165) is 18.5 Å². The van der Waals surface area contributed by atoms with Crippen molar-refractivity contribution in [2.75, 3.05) is 19.6 Å². The fraction of sp³-hybridized carbons (Fsp3) is 1.00. The van der Waals surface area contributed by atoms with Gasteiger partial charge in [-0.05, 0) is 52.0 Å². The van der Waals surface area contributed by atoms with Crippen molar-refractivity contribution in [2.24, 2.45) is 11.8 Å². The van der Waals surface area contributed by atoms with E-state index in [1.807, 2.05) is 0 Å². The Labute approximate surface area is 122 Å².